The highest BCUT2D eigenvalue weighted by molar-refractivity contribution is 5.90. The highest BCUT2D eigenvalue weighted by Crippen LogP contribution is 2.19. The fraction of sp³-hybridized carbons (Fsp3) is 0.467. The number of nitrogens with one attached hydrogen (secondary N) is 3. The molecule has 1 aromatic carbocycles. The number of hydrogen-bond acceptors (Lipinski definition) is 5. The van der Waals surface area contributed by atoms with Crippen LogP contribution in [0.5, 0.6) is 0 Å². The lowest BCUT2D eigenvalue weighted by Crippen LogP contribution is -2.28. The van der Waals surface area contributed by atoms with Crippen LogP contribution in [0.4, 0.5) is 5.69 Å². The number of nitrogens with zero attached hydrogens (tertiary/aromatic N) is 3. The summed E-state index contributed by atoms with van der Waals surface area (Å²) in [5, 5.41) is 20.1. The van der Waals surface area contributed by atoms with Gasteiger partial charge >= 0.3 is 0 Å². The van der Waals surface area contributed by atoms with Gasteiger partial charge in [0.1, 0.15) is 0 Å². The van der Waals surface area contributed by atoms with Crippen molar-refractivity contribution in [2.75, 3.05) is 18.4 Å². The molecule has 23 heavy (non-hydrogen) atoms. The molecular weight excluding hydrogens is 316 g/mol. The number of hydrogen-bond donors (Lipinski definition) is 3. The summed E-state index contributed by atoms with van der Waals surface area (Å²) in [4.78, 5) is 12.0. The van der Waals surface area contributed by atoms with E-state index in [4.69, 9.17) is 0 Å². The highest BCUT2D eigenvalue weighted by Gasteiger charge is 2.14. The fourth-order valence-corrected chi connectivity index (χ4v) is 2.72. The molecule has 0 atom stereocenters. The molecule has 1 aliphatic rings. The molecule has 2 heterocycles. The molecule has 0 aliphatic carbocycles. The Bertz CT molecular complexity index is 595. The standard InChI is InChI=1S/C15H20N6O.ClH/c22-14(6-1-11-7-9-16-10-8-11)17-13-4-2-12(3-5-13)15-18-20-21-19-15;/h2-5,11,16H,1,6-10H2,(H,17,22)(H,18,19,20,21);1H. The van der Waals surface area contributed by atoms with Gasteiger partial charge in [0.05, 0.1) is 0 Å². The molecule has 0 unspecified atom stereocenters. The number of tetrazole rings is 1. The lowest BCUT2D eigenvalue weighted by Gasteiger charge is -2.22. The van der Waals surface area contributed by atoms with Crippen molar-refractivity contribution in [3.63, 3.8) is 0 Å². The molecule has 1 saturated heterocycles. The van der Waals surface area contributed by atoms with Gasteiger partial charge in [0.2, 0.25) is 11.7 Å². The van der Waals surface area contributed by atoms with Gasteiger partial charge in [0, 0.05) is 17.7 Å². The van der Waals surface area contributed by atoms with E-state index in [0.29, 0.717) is 18.2 Å². The summed E-state index contributed by atoms with van der Waals surface area (Å²) in [6.45, 7) is 2.15. The summed E-state index contributed by atoms with van der Waals surface area (Å²) in [6.07, 6.45) is 3.89. The van der Waals surface area contributed by atoms with Crippen LogP contribution in [0.15, 0.2) is 24.3 Å². The molecule has 3 rings (SSSR count). The monoisotopic (exact) mass is 336 g/mol. The van der Waals surface area contributed by atoms with E-state index in [1.165, 1.54) is 12.8 Å². The van der Waals surface area contributed by atoms with Crippen molar-refractivity contribution >= 4 is 24.0 Å². The van der Waals surface area contributed by atoms with Crippen molar-refractivity contribution in [1.29, 1.82) is 0 Å². The second-order valence-electron chi connectivity index (χ2n) is 5.59. The highest BCUT2D eigenvalue weighted by atomic mass is 35.5. The Morgan fingerprint density at radius 1 is 1.22 bits per heavy atom. The van der Waals surface area contributed by atoms with Crippen LogP contribution in [0.3, 0.4) is 0 Å². The first-order valence-electron chi connectivity index (χ1n) is 7.66. The zero-order chi connectivity index (χ0) is 15.2. The van der Waals surface area contributed by atoms with Gasteiger partial charge in [-0.3, -0.25) is 4.79 Å². The number of benzene rings is 1. The van der Waals surface area contributed by atoms with Crippen LogP contribution in [-0.2, 0) is 4.79 Å². The number of anilines is 1. The zero-order valence-corrected chi connectivity index (χ0v) is 13.6. The molecular formula is C15H21ClN6O. The Morgan fingerprint density at radius 2 is 1.96 bits per heavy atom. The van der Waals surface area contributed by atoms with E-state index < -0.39 is 0 Å². The number of aromatic nitrogens is 4. The van der Waals surface area contributed by atoms with E-state index in [2.05, 4.69) is 31.3 Å². The van der Waals surface area contributed by atoms with Gasteiger partial charge in [-0.1, -0.05) is 0 Å². The maximum Gasteiger partial charge on any atom is 0.224 e. The Kier molecular flexibility index (Phi) is 6.49. The minimum absolute atomic E-state index is 0. The SMILES string of the molecule is Cl.O=C(CCC1CCNCC1)Nc1ccc(-c2nn[nH]n2)cc1. The third kappa shape index (κ3) is 5.01. The lowest BCUT2D eigenvalue weighted by molar-refractivity contribution is -0.116. The largest absolute Gasteiger partial charge is 0.326 e. The Balaban J connectivity index is 0.00000192. The van der Waals surface area contributed by atoms with Gasteiger partial charge < -0.3 is 10.6 Å². The van der Waals surface area contributed by atoms with Crippen molar-refractivity contribution in [1.82, 2.24) is 25.9 Å². The quantitative estimate of drug-likeness (QED) is 0.776. The summed E-state index contributed by atoms with van der Waals surface area (Å²) in [7, 11) is 0. The molecule has 8 heteroatoms. The molecule has 0 saturated carbocycles. The second-order valence-corrected chi connectivity index (χ2v) is 5.59. The maximum atomic E-state index is 12.0. The van der Waals surface area contributed by atoms with E-state index >= 15 is 0 Å². The number of piperidine rings is 1. The second kappa shape index (κ2) is 8.59. The number of halogens is 1. The van der Waals surface area contributed by atoms with Crippen LogP contribution in [0.1, 0.15) is 25.7 Å². The minimum atomic E-state index is 0. The van der Waals surface area contributed by atoms with Crippen molar-refractivity contribution in [3.05, 3.63) is 24.3 Å². The number of carbonyl (C=O) groups is 1. The molecule has 7 nitrogen and oxygen atoms in total. The molecule has 1 fully saturated rings. The zero-order valence-electron chi connectivity index (χ0n) is 12.8. The van der Waals surface area contributed by atoms with Crippen molar-refractivity contribution in [2.24, 2.45) is 5.92 Å². The van der Waals surface area contributed by atoms with Crippen molar-refractivity contribution in [2.45, 2.75) is 25.7 Å². The summed E-state index contributed by atoms with van der Waals surface area (Å²) in [6, 6.07) is 7.45. The maximum absolute atomic E-state index is 12.0. The van der Waals surface area contributed by atoms with Crippen LogP contribution in [-0.4, -0.2) is 39.6 Å². The normalized spacial score (nSPS) is 15.0. The van der Waals surface area contributed by atoms with Gasteiger partial charge in [-0.15, -0.1) is 22.6 Å². The predicted molar refractivity (Wildman–Crippen MR) is 90.3 cm³/mol. The topological polar surface area (TPSA) is 95.6 Å². The first kappa shape index (κ1) is 17.4. The molecule has 1 amide bonds. The predicted octanol–water partition coefficient (Wildman–Crippen LogP) is 2.01. The summed E-state index contributed by atoms with van der Waals surface area (Å²) >= 11 is 0. The number of H-pyrrole nitrogens is 1. The van der Waals surface area contributed by atoms with E-state index in [-0.39, 0.29) is 18.3 Å². The number of carbonyl (C=O) groups excluding carboxylic acids is 1. The molecule has 0 spiro atoms. The van der Waals surface area contributed by atoms with Crippen LogP contribution >= 0.6 is 12.4 Å². The van der Waals surface area contributed by atoms with Gasteiger partial charge in [0.25, 0.3) is 0 Å². The van der Waals surface area contributed by atoms with Crippen LogP contribution in [0.25, 0.3) is 11.4 Å². The van der Waals surface area contributed by atoms with Gasteiger partial charge in [-0.05, 0) is 67.7 Å². The molecule has 1 aromatic heterocycles. The molecule has 0 bridgehead atoms. The van der Waals surface area contributed by atoms with E-state index in [1.807, 2.05) is 24.3 Å². The van der Waals surface area contributed by atoms with Crippen LogP contribution in [0.2, 0.25) is 0 Å². The van der Waals surface area contributed by atoms with E-state index in [1.54, 1.807) is 0 Å². The molecule has 1 aliphatic heterocycles. The Hall–Kier alpha value is -1.99. The fourth-order valence-electron chi connectivity index (χ4n) is 2.72. The summed E-state index contributed by atoms with van der Waals surface area (Å²) < 4.78 is 0. The molecule has 124 valence electrons. The lowest BCUT2D eigenvalue weighted by atomic mass is 9.93. The third-order valence-corrected chi connectivity index (χ3v) is 4.01. The minimum Gasteiger partial charge on any atom is -0.326 e. The Labute approximate surface area is 141 Å². The van der Waals surface area contributed by atoms with Crippen LogP contribution in [0, 0.1) is 5.92 Å². The average molecular weight is 337 g/mol. The third-order valence-electron chi connectivity index (χ3n) is 4.01. The number of amides is 1. The first-order chi connectivity index (χ1) is 10.8. The number of aromatic amines is 1. The van der Waals surface area contributed by atoms with E-state index in [9.17, 15) is 4.79 Å². The van der Waals surface area contributed by atoms with Gasteiger partial charge in [-0.2, -0.15) is 5.21 Å². The summed E-state index contributed by atoms with van der Waals surface area (Å²) in [5.41, 5.74) is 1.66. The van der Waals surface area contributed by atoms with Crippen molar-refractivity contribution < 1.29 is 4.79 Å². The molecule has 3 N–H and O–H groups in total. The number of rotatable bonds is 5. The molecule has 2 aromatic rings. The summed E-state index contributed by atoms with van der Waals surface area (Å²) in [5.74, 6) is 1.29. The smallest absolute Gasteiger partial charge is 0.224 e. The van der Waals surface area contributed by atoms with Gasteiger partial charge in [-0.25, -0.2) is 0 Å². The molecule has 0 radical (unpaired) electrons. The van der Waals surface area contributed by atoms with Crippen LogP contribution < -0.4 is 10.6 Å². The Morgan fingerprint density at radius 3 is 2.61 bits per heavy atom. The van der Waals surface area contributed by atoms with Gasteiger partial charge in [0.15, 0.2) is 0 Å². The first-order valence-corrected chi connectivity index (χ1v) is 7.66. The average Bonchev–Trinajstić information content (AvgIpc) is 3.09. The van der Waals surface area contributed by atoms with Crippen molar-refractivity contribution in [3.8, 4) is 11.4 Å². The van der Waals surface area contributed by atoms with E-state index in [0.717, 1.165) is 30.8 Å².